The van der Waals surface area contributed by atoms with Crippen LogP contribution in [0.1, 0.15) is 25.3 Å². The molecule has 94 valence electrons. The van der Waals surface area contributed by atoms with Gasteiger partial charge in [-0.2, -0.15) is 0 Å². The van der Waals surface area contributed by atoms with Gasteiger partial charge in [-0.25, -0.2) is 0 Å². The summed E-state index contributed by atoms with van der Waals surface area (Å²) in [5, 5.41) is 10.1. The minimum absolute atomic E-state index is 0.134. The van der Waals surface area contributed by atoms with Gasteiger partial charge in [-0.05, 0) is 23.4 Å². The quantitative estimate of drug-likeness (QED) is 0.872. The van der Waals surface area contributed by atoms with E-state index in [2.05, 4.69) is 4.98 Å². The van der Waals surface area contributed by atoms with Crippen LogP contribution in [-0.2, 0) is 4.79 Å². The first-order chi connectivity index (χ1) is 8.50. The van der Waals surface area contributed by atoms with Gasteiger partial charge in [0.2, 0.25) is 0 Å². The molecule has 0 saturated heterocycles. The highest BCUT2D eigenvalue weighted by atomic mass is 16.4. The number of carbonyl (C=O) groups is 1. The van der Waals surface area contributed by atoms with Gasteiger partial charge in [-0.15, -0.1) is 0 Å². The van der Waals surface area contributed by atoms with Crippen LogP contribution in [0.5, 0.6) is 0 Å². The predicted molar refractivity (Wildman–Crippen MR) is 69.8 cm³/mol. The van der Waals surface area contributed by atoms with Crippen molar-refractivity contribution >= 4 is 16.9 Å². The number of aromatic nitrogens is 1. The summed E-state index contributed by atoms with van der Waals surface area (Å²) < 4.78 is 0. The minimum Gasteiger partial charge on any atom is -0.481 e. The van der Waals surface area contributed by atoms with E-state index < -0.39 is 11.9 Å². The fourth-order valence-corrected chi connectivity index (χ4v) is 2.17. The number of hydrogen-bond acceptors (Lipinski definition) is 2. The van der Waals surface area contributed by atoms with Crippen LogP contribution >= 0.6 is 0 Å². The molecule has 18 heavy (non-hydrogen) atoms. The van der Waals surface area contributed by atoms with E-state index >= 15 is 0 Å². The van der Waals surface area contributed by atoms with Crippen LogP contribution < -0.4 is 5.56 Å². The van der Waals surface area contributed by atoms with Crippen LogP contribution in [0.3, 0.4) is 0 Å². The van der Waals surface area contributed by atoms with Crippen molar-refractivity contribution in [3.05, 3.63) is 46.2 Å². The standard InChI is InChI=1S/C14H15NO3/c1-8(2)12(14(17)18)10-7-9-5-3-4-6-11(9)15-13(10)16/h3-8,12H,1-2H3,(H,15,16)(H,17,18). The molecular weight excluding hydrogens is 230 g/mol. The highest BCUT2D eigenvalue weighted by molar-refractivity contribution is 5.82. The summed E-state index contributed by atoms with van der Waals surface area (Å²) in [6, 6.07) is 9.01. The average molecular weight is 245 g/mol. The van der Waals surface area contributed by atoms with E-state index in [1.807, 2.05) is 18.2 Å². The van der Waals surface area contributed by atoms with Crippen molar-refractivity contribution < 1.29 is 9.90 Å². The smallest absolute Gasteiger partial charge is 0.311 e. The molecule has 4 heteroatoms. The summed E-state index contributed by atoms with van der Waals surface area (Å²) >= 11 is 0. The van der Waals surface area contributed by atoms with Gasteiger partial charge in [0.1, 0.15) is 0 Å². The Balaban J connectivity index is 2.66. The Morgan fingerprint density at radius 3 is 2.56 bits per heavy atom. The van der Waals surface area contributed by atoms with Crippen molar-refractivity contribution in [1.29, 1.82) is 0 Å². The van der Waals surface area contributed by atoms with Crippen molar-refractivity contribution in [3.63, 3.8) is 0 Å². The number of fused-ring (bicyclic) bond motifs is 1. The molecule has 0 aliphatic carbocycles. The zero-order chi connectivity index (χ0) is 13.3. The third-order valence-corrected chi connectivity index (χ3v) is 3.05. The number of aromatic amines is 1. The molecule has 0 amide bonds. The lowest BCUT2D eigenvalue weighted by Crippen LogP contribution is -2.25. The first-order valence-corrected chi connectivity index (χ1v) is 5.85. The molecule has 0 bridgehead atoms. The van der Waals surface area contributed by atoms with Gasteiger partial charge in [-0.3, -0.25) is 9.59 Å². The molecule has 0 fully saturated rings. The molecule has 0 saturated carbocycles. The van der Waals surface area contributed by atoms with Crippen LogP contribution in [0.2, 0.25) is 0 Å². The Hall–Kier alpha value is -2.10. The first kappa shape index (κ1) is 12.4. The van der Waals surface area contributed by atoms with Crippen LogP contribution in [0.25, 0.3) is 10.9 Å². The summed E-state index contributed by atoms with van der Waals surface area (Å²) in [6.45, 7) is 3.60. The number of aliphatic carboxylic acids is 1. The number of benzene rings is 1. The second kappa shape index (κ2) is 4.64. The molecule has 2 N–H and O–H groups in total. The van der Waals surface area contributed by atoms with E-state index in [0.29, 0.717) is 5.56 Å². The minimum atomic E-state index is -0.967. The lowest BCUT2D eigenvalue weighted by atomic mass is 9.89. The highest BCUT2D eigenvalue weighted by Gasteiger charge is 2.26. The van der Waals surface area contributed by atoms with E-state index in [1.54, 1.807) is 26.0 Å². The lowest BCUT2D eigenvalue weighted by molar-refractivity contribution is -0.139. The van der Waals surface area contributed by atoms with E-state index in [-0.39, 0.29) is 11.5 Å². The van der Waals surface area contributed by atoms with Crippen LogP contribution in [0.15, 0.2) is 35.1 Å². The van der Waals surface area contributed by atoms with Crippen molar-refractivity contribution in [2.24, 2.45) is 5.92 Å². The molecule has 0 aliphatic heterocycles. The number of carboxylic acids is 1. The number of rotatable bonds is 3. The van der Waals surface area contributed by atoms with E-state index in [1.165, 1.54) is 0 Å². The number of H-pyrrole nitrogens is 1. The monoisotopic (exact) mass is 245 g/mol. The summed E-state index contributed by atoms with van der Waals surface area (Å²) in [7, 11) is 0. The van der Waals surface area contributed by atoms with Gasteiger partial charge >= 0.3 is 5.97 Å². The third-order valence-electron chi connectivity index (χ3n) is 3.05. The molecule has 2 rings (SSSR count). The van der Waals surface area contributed by atoms with Crippen molar-refractivity contribution in [2.75, 3.05) is 0 Å². The fraction of sp³-hybridized carbons (Fsp3) is 0.286. The molecule has 4 nitrogen and oxygen atoms in total. The molecule has 0 radical (unpaired) electrons. The first-order valence-electron chi connectivity index (χ1n) is 5.85. The third kappa shape index (κ3) is 2.14. The topological polar surface area (TPSA) is 70.2 Å². The van der Waals surface area contributed by atoms with Gasteiger partial charge in [0.05, 0.1) is 5.92 Å². The number of pyridine rings is 1. The van der Waals surface area contributed by atoms with Gasteiger partial charge in [0, 0.05) is 11.1 Å². The molecular formula is C14H15NO3. The normalized spacial score (nSPS) is 12.8. The van der Waals surface area contributed by atoms with Crippen LogP contribution in [-0.4, -0.2) is 16.1 Å². The predicted octanol–water partition coefficient (Wildman–Crippen LogP) is 2.35. The van der Waals surface area contributed by atoms with Gasteiger partial charge < -0.3 is 10.1 Å². The van der Waals surface area contributed by atoms with Crippen LogP contribution in [0, 0.1) is 5.92 Å². The summed E-state index contributed by atoms with van der Waals surface area (Å²) in [5.41, 5.74) is 0.713. The zero-order valence-corrected chi connectivity index (χ0v) is 10.3. The highest BCUT2D eigenvalue weighted by Crippen LogP contribution is 2.24. The molecule has 0 spiro atoms. The Morgan fingerprint density at radius 1 is 1.28 bits per heavy atom. The number of para-hydroxylation sites is 1. The number of carboxylic acid groups (broad SMARTS) is 1. The second-order valence-corrected chi connectivity index (χ2v) is 4.70. The summed E-state index contributed by atoms with van der Waals surface area (Å²) in [4.78, 5) is 26.0. The molecule has 1 atom stereocenters. The average Bonchev–Trinajstić information content (AvgIpc) is 2.29. The molecule has 1 heterocycles. The maximum atomic E-state index is 12.0. The molecule has 1 aromatic heterocycles. The molecule has 1 aromatic carbocycles. The van der Waals surface area contributed by atoms with E-state index in [0.717, 1.165) is 10.9 Å². The van der Waals surface area contributed by atoms with Crippen molar-refractivity contribution in [3.8, 4) is 0 Å². The lowest BCUT2D eigenvalue weighted by Gasteiger charge is -2.16. The van der Waals surface area contributed by atoms with Gasteiger partial charge in [0.25, 0.3) is 5.56 Å². The maximum absolute atomic E-state index is 12.0. The van der Waals surface area contributed by atoms with Crippen molar-refractivity contribution in [1.82, 2.24) is 4.98 Å². The fourth-order valence-electron chi connectivity index (χ4n) is 2.17. The second-order valence-electron chi connectivity index (χ2n) is 4.70. The maximum Gasteiger partial charge on any atom is 0.311 e. The van der Waals surface area contributed by atoms with Gasteiger partial charge in [-0.1, -0.05) is 32.0 Å². The Morgan fingerprint density at radius 2 is 1.94 bits per heavy atom. The molecule has 2 aromatic rings. The Bertz CT molecular complexity index is 643. The number of nitrogens with one attached hydrogen (secondary N) is 1. The SMILES string of the molecule is CC(C)C(C(=O)O)c1cc2ccccc2[nH]c1=O. The summed E-state index contributed by atoms with van der Waals surface area (Å²) in [6.07, 6.45) is 0. The van der Waals surface area contributed by atoms with Crippen molar-refractivity contribution in [2.45, 2.75) is 19.8 Å². The van der Waals surface area contributed by atoms with E-state index in [4.69, 9.17) is 0 Å². The Labute approximate surface area is 104 Å². The number of hydrogen-bond donors (Lipinski definition) is 2. The van der Waals surface area contributed by atoms with Crippen LogP contribution in [0.4, 0.5) is 0 Å². The largest absolute Gasteiger partial charge is 0.481 e. The molecule has 0 aliphatic rings. The molecule has 1 unspecified atom stereocenters. The Kier molecular flexibility index (Phi) is 3.19. The summed E-state index contributed by atoms with van der Waals surface area (Å²) in [5.74, 6) is -1.88. The van der Waals surface area contributed by atoms with Gasteiger partial charge in [0.15, 0.2) is 0 Å². The van der Waals surface area contributed by atoms with E-state index in [9.17, 15) is 14.7 Å². The zero-order valence-electron chi connectivity index (χ0n) is 10.3.